The first-order valence-corrected chi connectivity index (χ1v) is 4.14. The van der Waals surface area contributed by atoms with Gasteiger partial charge in [0.25, 0.3) is 11.7 Å². The molecule has 0 saturated heterocycles. The molecule has 0 atom stereocenters. The molecule has 1 aliphatic rings. The average Bonchev–Trinajstić information content (AvgIpc) is 2.91. The standard InChI is InChI=1S/C8H7FN2O3/c9-8-7(14-5-1-2-5)6(11(12)13)3-4-10-8/h3-5H,1-2H2. The van der Waals surface area contributed by atoms with Crippen LogP contribution in [0.15, 0.2) is 12.3 Å². The Morgan fingerprint density at radius 3 is 2.93 bits per heavy atom. The van der Waals surface area contributed by atoms with Crippen LogP contribution >= 0.6 is 0 Å². The van der Waals surface area contributed by atoms with Crippen LogP contribution < -0.4 is 4.74 Å². The van der Waals surface area contributed by atoms with Gasteiger partial charge < -0.3 is 4.74 Å². The number of nitrogens with zero attached hydrogens (tertiary/aromatic N) is 2. The summed E-state index contributed by atoms with van der Waals surface area (Å²) in [5.74, 6) is -1.27. The monoisotopic (exact) mass is 198 g/mol. The predicted molar refractivity (Wildman–Crippen MR) is 44.5 cm³/mol. The van der Waals surface area contributed by atoms with E-state index in [1.807, 2.05) is 0 Å². The van der Waals surface area contributed by atoms with Crippen molar-refractivity contribution in [1.82, 2.24) is 4.98 Å². The SMILES string of the molecule is O=[N+]([O-])c1ccnc(F)c1OC1CC1. The first-order valence-electron chi connectivity index (χ1n) is 4.14. The summed E-state index contributed by atoms with van der Waals surface area (Å²) >= 11 is 0. The third-order valence-corrected chi connectivity index (χ3v) is 1.85. The summed E-state index contributed by atoms with van der Waals surface area (Å²) in [7, 11) is 0. The quantitative estimate of drug-likeness (QED) is 0.421. The Balaban J connectivity index is 2.36. The zero-order chi connectivity index (χ0) is 10.1. The van der Waals surface area contributed by atoms with Gasteiger partial charge in [0.2, 0.25) is 0 Å². The van der Waals surface area contributed by atoms with Gasteiger partial charge in [-0.1, -0.05) is 0 Å². The Morgan fingerprint density at radius 2 is 2.36 bits per heavy atom. The van der Waals surface area contributed by atoms with Crippen LogP contribution in [-0.4, -0.2) is 16.0 Å². The Kier molecular flexibility index (Phi) is 2.03. The van der Waals surface area contributed by atoms with Gasteiger partial charge in [0.1, 0.15) is 0 Å². The van der Waals surface area contributed by atoms with Crippen molar-refractivity contribution < 1.29 is 14.1 Å². The van der Waals surface area contributed by atoms with E-state index in [1.54, 1.807) is 0 Å². The van der Waals surface area contributed by atoms with Crippen molar-refractivity contribution in [3.8, 4) is 5.75 Å². The number of pyridine rings is 1. The Bertz CT molecular complexity index is 379. The molecule has 74 valence electrons. The molecule has 0 radical (unpaired) electrons. The predicted octanol–water partition coefficient (Wildman–Crippen LogP) is 1.67. The summed E-state index contributed by atoms with van der Waals surface area (Å²) in [4.78, 5) is 13.1. The summed E-state index contributed by atoms with van der Waals surface area (Å²) in [6.07, 6.45) is 2.58. The second kappa shape index (κ2) is 3.21. The smallest absolute Gasteiger partial charge is 0.317 e. The minimum atomic E-state index is -0.925. The number of hydrogen-bond acceptors (Lipinski definition) is 4. The maximum Gasteiger partial charge on any atom is 0.317 e. The lowest BCUT2D eigenvalue weighted by atomic mass is 10.4. The topological polar surface area (TPSA) is 65.3 Å². The van der Waals surface area contributed by atoms with Crippen LogP contribution in [0.5, 0.6) is 5.75 Å². The van der Waals surface area contributed by atoms with Gasteiger partial charge in [-0.05, 0) is 12.8 Å². The van der Waals surface area contributed by atoms with E-state index in [1.165, 1.54) is 0 Å². The van der Waals surface area contributed by atoms with E-state index < -0.39 is 10.9 Å². The molecule has 0 unspecified atom stereocenters. The lowest BCUT2D eigenvalue weighted by Gasteiger charge is -2.04. The normalized spacial score (nSPS) is 15.2. The van der Waals surface area contributed by atoms with E-state index in [4.69, 9.17) is 4.74 Å². The third kappa shape index (κ3) is 1.63. The van der Waals surface area contributed by atoms with Gasteiger partial charge in [-0.25, -0.2) is 4.98 Å². The van der Waals surface area contributed by atoms with Gasteiger partial charge >= 0.3 is 5.69 Å². The number of rotatable bonds is 3. The van der Waals surface area contributed by atoms with Crippen LogP contribution in [0.25, 0.3) is 0 Å². The molecular weight excluding hydrogens is 191 g/mol. The van der Waals surface area contributed by atoms with E-state index in [0.717, 1.165) is 25.1 Å². The van der Waals surface area contributed by atoms with Crippen molar-refractivity contribution in [3.05, 3.63) is 28.3 Å². The number of ether oxygens (including phenoxy) is 1. The van der Waals surface area contributed by atoms with Gasteiger partial charge in [0.15, 0.2) is 0 Å². The second-order valence-electron chi connectivity index (χ2n) is 3.02. The molecule has 6 heteroatoms. The van der Waals surface area contributed by atoms with Crippen LogP contribution in [0.4, 0.5) is 10.1 Å². The van der Waals surface area contributed by atoms with Crippen molar-refractivity contribution in [1.29, 1.82) is 0 Å². The molecule has 1 aromatic heterocycles. The highest BCUT2D eigenvalue weighted by molar-refractivity contribution is 5.44. The fraction of sp³-hybridized carbons (Fsp3) is 0.375. The van der Waals surface area contributed by atoms with Gasteiger partial charge in [0.05, 0.1) is 11.0 Å². The van der Waals surface area contributed by atoms with Crippen LogP contribution in [-0.2, 0) is 0 Å². The van der Waals surface area contributed by atoms with Crippen molar-refractivity contribution in [2.24, 2.45) is 0 Å². The molecule has 0 N–H and O–H groups in total. The van der Waals surface area contributed by atoms with Crippen molar-refractivity contribution in [3.63, 3.8) is 0 Å². The lowest BCUT2D eigenvalue weighted by Crippen LogP contribution is -2.03. The van der Waals surface area contributed by atoms with Crippen molar-refractivity contribution in [2.45, 2.75) is 18.9 Å². The molecule has 1 fully saturated rings. The number of hydrogen-bond donors (Lipinski definition) is 0. The minimum Gasteiger partial charge on any atom is -0.480 e. The maximum atomic E-state index is 13.1. The van der Waals surface area contributed by atoms with Crippen LogP contribution in [0, 0.1) is 16.1 Å². The van der Waals surface area contributed by atoms with Crippen LogP contribution in [0.3, 0.4) is 0 Å². The fourth-order valence-corrected chi connectivity index (χ4v) is 1.02. The molecule has 1 saturated carbocycles. The van der Waals surface area contributed by atoms with E-state index in [2.05, 4.69) is 4.98 Å². The lowest BCUT2D eigenvalue weighted by molar-refractivity contribution is -0.386. The van der Waals surface area contributed by atoms with E-state index >= 15 is 0 Å². The summed E-state index contributed by atoms with van der Waals surface area (Å²) < 4.78 is 18.1. The highest BCUT2D eigenvalue weighted by Gasteiger charge is 2.29. The highest BCUT2D eigenvalue weighted by Crippen LogP contribution is 2.34. The zero-order valence-electron chi connectivity index (χ0n) is 7.14. The van der Waals surface area contributed by atoms with Gasteiger partial charge in [-0.2, -0.15) is 4.39 Å². The molecule has 0 spiro atoms. The van der Waals surface area contributed by atoms with E-state index in [-0.39, 0.29) is 17.5 Å². The molecule has 0 aliphatic heterocycles. The third-order valence-electron chi connectivity index (χ3n) is 1.85. The molecule has 1 aromatic rings. The van der Waals surface area contributed by atoms with Gasteiger partial charge in [0, 0.05) is 12.3 Å². The first-order chi connectivity index (χ1) is 6.68. The molecule has 14 heavy (non-hydrogen) atoms. The second-order valence-corrected chi connectivity index (χ2v) is 3.02. The Hall–Kier alpha value is -1.72. The molecule has 1 aliphatic carbocycles. The number of aromatic nitrogens is 1. The summed E-state index contributed by atoms with van der Waals surface area (Å²) in [5.41, 5.74) is -0.371. The summed E-state index contributed by atoms with van der Waals surface area (Å²) in [6.45, 7) is 0. The molecule has 0 aromatic carbocycles. The average molecular weight is 198 g/mol. The maximum absolute atomic E-state index is 13.1. The van der Waals surface area contributed by atoms with Gasteiger partial charge in [-0.15, -0.1) is 0 Å². The zero-order valence-corrected chi connectivity index (χ0v) is 7.14. The molecular formula is C8H7FN2O3. The van der Waals surface area contributed by atoms with Gasteiger partial charge in [-0.3, -0.25) is 10.1 Å². The molecule has 5 nitrogen and oxygen atoms in total. The highest BCUT2D eigenvalue weighted by atomic mass is 19.1. The molecule has 0 bridgehead atoms. The van der Waals surface area contributed by atoms with Crippen molar-refractivity contribution >= 4 is 5.69 Å². The Morgan fingerprint density at radius 1 is 1.64 bits per heavy atom. The molecule has 1 heterocycles. The summed E-state index contributed by atoms with van der Waals surface area (Å²) in [5, 5.41) is 10.5. The molecule has 2 rings (SSSR count). The Labute approximate surface area is 78.7 Å². The fourth-order valence-electron chi connectivity index (χ4n) is 1.02. The van der Waals surface area contributed by atoms with Crippen LogP contribution in [0.1, 0.15) is 12.8 Å². The summed E-state index contributed by atoms with van der Waals surface area (Å²) in [6, 6.07) is 1.13. The minimum absolute atomic E-state index is 0.0904. The largest absolute Gasteiger partial charge is 0.480 e. The molecule has 0 amide bonds. The first kappa shape index (κ1) is 8.86. The number of nitro groups is 1. The van der Waals surface area contributed by atoms with Crippen LogP contribution in [0.2, 0.25) is 0 Å². The van der Waals surface area contributed by atoms with E-state index in [0.29, 0.717) is 0 Å². The van der Waals surface area contributed by atoms with Crippen molar-refractivity contribution in [2.75, 3.05) is 0 Å². The number of halogens is 1. The van der Waals surface area contributed by atoms with E-state index in [9.17, 15) is 14.5 Å².